The highest BCUT2D eigenvalue weighted by atomic mass is 16.5. The molecule has 1 aromatic rings. The number of para-hydroxylation sites is 1. The van der Waals surface area contributed by atoms with Crippen LogP contribution in [0.15, 0.2) is 30.0 Å². The van der Waals surface area contributed by atoms with Crippen LogP contribution < -0.4 is 14.8 Å². The lowest BCUT2D eigenvalue weighted by Crippen LogP contribution is -2.20. The van der Waals surface area contributed by atoms with Crippen molar-refractivity contribution in [3.63, 3.8) is 0 Å². The molecule has 2 rings (SSSR count). The van der Waals surface area contributed by atoms with Gasteiger partial charge in [0.05, 0.1) is 26.9 Å². The van der Waals surface area contributed by atoms with Crippen molar-refractivity contribution in [2.45, 2.75) is 12.5 Å². The van der Waals surface area contributed by atoms with Crippen molar-refractivity contribution >= 4 is 0 Å². The second-order valence-corrected chi connectivity index (χ2v) is 4.05. The van der Waals surface area contributed by atoms with Gasteiger partial charge in [0.15, 0.2) is 11.5 Å². The minimum Gasteiger partial charge on any atom is -0.496 e. The first kappa shape index (κ1) is 12.8. The van der Waals surface area contributed by atoms with Crippen LogP contribution in [0.4, 0.5) is 0 Å². The molecule has 1 unspecified atom stereocenters. The summed E-state index contributed by atoms with van der Waals surface area (Å²) in [7, 11) is 5.20. The third-order valence-corrected chi connectivity index (χ3v) is 3.05. The number of rotatable bonds is 5. The van der Waals surface area contributed by atoms with Crippen LogP contribution >= 0.6 is 0 Å². The van der Waals surface area contributed by atoms with Crippen molar-refractivity contribution < 1.29 is 14.2 Å². The van der Waals surface area contributed by atoms with Gasteiger partial charge in [-0.15, -0.1) is 0 Å². The predicted octanol–water partition coefficient (Wildman–Crippen LogP) is 2.27. The molecule has 18 heavy (non-hydrogen) atoms. The monoisotopic (exact) mass is 249 g/mol. The highest BCUT2D eigenvalue weighted by molar-refractivity contribution is 5.49. The summed E-state index contributed by atoms with van der Waals surface area (Å²) in [6.45, 7) is 0.750. The number of nitrogens with one attached hydrogen (secondary N) is 1. The van der Waals surface area contributed by atoms with Crippen LogP contribution in [0.2, 0.25) is 0 Å². The molecule has 0 bridgehead atoms. The summed E-state index contributed by atoms with van der Waals surface area (Å²) >= 11 is 0. The van der Waals surface area contributed by atoms with Crippen LogP contribution in [-0.2, 0) is 4.74 Å². The van der Waals surface area contributed by atoms with E-state index in [1.807, 2.05) is 25.2 Å². The molecule has 1 heterocycles. The van der Waals surface area contributed by atoms with Crippen molar-refractivity contribution in [3.8, 4) is 11.5 Å². The Morgan fingerprint density at radius 2 is 2.11 bits per heavy atom. The first-order valence-corrected chi connectivity index (χ1v) is 6.02. The molecule has 0 saturated heterocycles. The topological polar surface area (TPSA) is 39.7 Å². The minimum atomic E-state index is -0.00227. The molecule has 0 radical (unpaired) electrons. The maximum atomic E-state index is 5.64. The van der Waals surface area contributed by atoms with Crippen LogP contribution in [0.25, 0.3) is 0 Å². The Labute approximate surface area is 108 Å². The molecular formula is C14H19NO3. The van der Waals surface area contributed by atoms with Crippen LogP contribution in [0, 0.1) is 0 Å². The first-order valence-electron chi connectivity index (χ1n) is 6.02. The number of likely N-dealkylation sites (N-methyl/N-ethyl adjacent to an activating group) is 1. The number of benzene rings is 1. The number of hydrogen-bond acceptors (Lipinski definition) is 4. The van der Waals surface area contributed by atoms with Gasteiger partial charge in [-0.05, 0) is 19.2 Å². The van der Waals surface area contributed by atoms with Gasteiger partial charge < -0.3 is 19.5 Å². The molecule has 0 aliphatic carbocycles. The Kier molecular flexibility index (Phi) is 4.10. The molecule has 98 valence electrons. The van der Waals surface area contributed by atoms with E-state index in [0.29, 0.717) is 0 Å². The molecule has 0 aromatic heterocycles. The van der Waals surface area contributed by atoms with Crippen molar-refractivity contribution in [2.24, 2.45) is 0 Å². The fourth-order valence-corrected chi connectivity index (χ4v) is 2.23. The summed E-state index contributed by atoms with van der Waals surface area (Å²) < 4.78 is 16.4. The second-order valence-electron chi connectivity index (χ2n) is 4.05. The summed E-state index contributed by atoms with van der Waals surface area (Å²) in [6.07, 6.45) is 3.07. The summed E-state index contributed by atoms with van der Waals surface area (Å²) in [4.78, 5) is 0. The highest BCUT2D eigenvalue weighted by Gasteiger charge is 2.24. The Morgan fingerprint density at radius 3 is 2.67 bits per heavy atom. The largest absolute Gasteiger partial charge is 0.496 e. The molecule has 4 heteroatoms. The normalized spacial score (nSPS) is 15.8. The van der Waals surface area contributed by atoms with E-state index in [-0.39, 0.29) is 6.04 Å². The number of hydrogen-bond donors (Lipinski definition) is 1. The highest BCUT2D eigenvalue weighted by Crippen LogP contribution is 2.38. The molecule has 0 spiro atoms. The van der Waals surface area contributed by atoms with Crippen LogP contribution in [0.3, 0.4) is 0 Å². The zero-order valence-electron chi connectivity index (χ0n) is 11.0. The molecule has 1 aliphatic heterocycles. The molecule has 4 nitrogen and oxygen atoms in total. The summed E-state index contributed by atoms with van der Waals surface area (Å²) in [5.74, 6) is 2.42. The van der Waals surface area contributed by atoms with Gasteiger partial charge in [0.1, 0.15) is 5.76 Å². The molecule has 0 fully saturated rings. The Bertz CT molecular complexity index is 443. The van der Waals surface area contributed by atoms with Gasteiger partial charge in [-0.25, -0.2) is 0 Å². The molecule has 0 saturated carbocycles. The van der Waals surface area contributed by atoms with Crippen molar-refractivity contribution in [1.29, 1.82) is 0 Å². The van der Waals surface area contributed by atoms with Gasteiger partial charge in [-0.1, -0.05) is 12.1 Å². The van der Waals surface area contributed by atoms with E-state index >= 15 is 0 Å². The lowest BCUT2D eigenvalue weighted by molar-refractivity contribution is 0.216. The van der Waals surface area contributed by atoms with Gasteiger partial charge >= 0.3 is 0 Å². The quantitative estimate of drug-likeness (QED) is 0.869. The van der Waals surface area contributed by atoms with Crippen molar-refractivity contribution in [1.82, 2.24) is 5.32 Å². The smallest absolute Gasteiger partial charge is 0.165 e. The van der Waals surface area contributed by atoms with E-state index in [9.17, 15) is 0 Å². The molecule has 1 N–H and O–H groups in total. The molecule has 0 amide bonds. The third kappa shape index (κ3) is 2.29. The predicted molar refractivity (Wildman–Crippen MR) is 70.0 cm³/mol. The average Bonchev–Trinajstić information content (AvgIpc) is 2.93. The van der Waals surface area contributed by atoms with E-state index in [4.69, 9.17) is 14.2 Å². The maximum Gasteiger partial charge on any atom is 0.165 e. The molecule has 1 atom stereocenters. The fourth-order valence-electron chi connectivity index (χ4n) is 2.23. The standard InChI is InChI=1S/C14H19NO3/c1-15-13(11-8-5-9-18-11)10-6-4-7-12(16-2)14(10)17-3/h4,6-8,13,15H,5,9H2,1-3H3. The van der Waals surface area contributed by atoms with Gasteiger partial charge in [-0.2, -0.15) is 0 Å². The van der Waals surface area contributed by atoms with E-state index in [0.717, 1.165) is 35.8 Å². The third-order valence-electron chi connectivity index (χ3n) is 3.05. The Morgan fingerprint density at radius 1 is 1.28 bits per heavy atom. The maximum absolute atomic E-state index is 5.64. The second kappa shape index (κ2) is 5.78. The van der Waals surface area contributed by atoms with Crippen LogP contribution in [0.1, 0.15) is 18.0 Å². The molecular weight excluding hydrogens is 230 g/mol. The Hall–Kier alpha value is -1.68. The fraction of sp³-hybridized carbons (Fsp3) is 0.429. The van der Waals surface area contributed by atoms with E-state index < -0.39 is 0 Å². The van der Waals surface area contributed by atoms with E-state index in [1.54, 1.807) is 14.2 Å². The lowest BCUT2D eigenvalue weighted by Gasteiger charge is -2.21. The SMILES string of the molecule is CNC(C1=CCCO1)c1cccc(OC)c1OC. The molecule has 1 aromatic carbocycles. The van der Waals surface area contributed by atoms with Gasteiger partial charge in [-0.3, -0.25) is 0 Å². The van der Waals surface area contributed by atoms with Crippen LogP contribution in [0.5, 0.6) is 11.5 Å². The lowest BCUT2D eigenvalue weighted by atomic mass is 10.0. The Balaban J connectivity index is 2.41. The van der Waals surface area contributed by atoms with Gasteiger partial charge in [0.25, 0.3) is 0 Å². The van der Waals surface area contributed by atoms with E-state index in [1.165, 1.54) is 0 Å². The van der Waals surface area contributed by atoms with Gasteiger partial charge in [0, 0.05) is 12.0 Å². The number of ether oxygens (including phenoxy) is 3. The summed E-state index contributed by atoms with van der Waals surface area (Å²) in [5, 5.41) is 3.26. The molecule has 1 aliphatic rings. The minimum absolute atomic E-state index is 0.00227. The van der Waals surface area contributed by atoms with Crippen LogP contribution in [-0.4, -0.2) is 27.9 Å². The summed E-state index contributed by atoms with van der Waals surface area (Å²) in [6, 6.07) is 5.86. The average molecular weight is 249 g/mol. The first-order chi connectivity index (χ1) is 8.81. The van der Waals surface area contributed by atoms with Crippen molar-refractivity contribution in [3.05, 3.63) is 35.6 Å². The van der Waals surface area contributed by atoms with Gasteiger partial charge in [0.2, 0.25) is 0 Å². The zero-order chi connectivity index (χ0) is 13.0. The number of methoxy groups -OCH3 is 2. The van der Waals surface area contributed by atoms with E-state index in [2.05, 4.69) is 11.4 Å². The van der Waals surface area contributed by atoms with Crippen molar-refractivity contribution in [2.75, 3.05) is 27.9 Å². The summed E-state index contributed by atoms with van der Waals surface area (Å²) in [5.41, 5.74) is 1.02. The zero-order valence-corrected chi connectivity index (χ0v) is 11.0.